The van der Waals surface area contributed by atoms with E-state index in [2.05, 4.69) is 26.5 Å². The number of halogens is 6. The fourth-order valence-corrected chi connectivity index (χ4v) is 5.08. The standard InChI is InChI=1S/C22H17ClF5N6OS.K/c1-33-19(17(36-14-3-4-14)18(32-33)21(24,35-28)22(25,26)27)34-10-13(9-30-34)12-2-5-15(23)16(8-12)31-20(11-29)6-7-20;/h2,5,8-10,14H,3-4,6-7H2,1H3;/q-1;+1. The zero-order chi connectivity index (χ0) is 25.9. The molecule has 3 aromatic rings. The molecule has 2 heterocycles. The maximum absolute atomic E-state index is 14.8. The van der Waals surface area contributed by atoms with Crippen molar-refractivity contribution in [3.63, 3.8) is 0 Å². The molecule has 1 unspecified atom stereocenters. The summed E-state index contributed by atoms with van der Waals surface area (Å²) < 4.78 is 70.5. The van der Waals surface area contributed by atoms with Gasteiger partial charge in [-0.1, -0.05) is 36.6 Å². The van der Waals surface area contributed by atoms with Crippen molar-refractivity contribution in [1.82, 2.24) is 19.6 Å². The Balaban J connectivity index is 0.00000320. The van der Waals surface area contributed by atoms with Crippen LogP contribution in [0.5, 0.6) is 0 Å². The molecule has 7 nitrogen and oxygen atoms in total. The summed E-state index contributed by atoms with van der Waals surface area (Å²) in [5, 5.41) is 22.0. The zero-order valence-corrected chi connectivity index (χ0v) is 24.3. The molecule has 0 radical (unpaired) electrons. The quantitative estimate of drug-likeness (QED) is 0.298. The van der Waals surface area contributed by atoms with Gasteiger partial charge >= 0.3 is 63.4 Å². The second-order valence-corrected chi connectivity index (χ2v) is 10.4. The molecule has 5 rings (SSSR count). The van der Waals surface area contributed by atoms with E-state index in [0.717, 1.165) is 16.4 Å². The Hall–Kier alpha value is -1.18. The second-order valence-electron chi connectivity index (χ2n) is 8.71. The van der Waals surface area contributed by atoms with Crippen LogP contribution in [0.3, 0.4) is 0 Å². The van der Waals surface area contributed by atoms with E-state index in [9.17, 15) is 27.3 Å². The number of rotatable bonds is 8. The summed E-state index contributed by atoms with van der Waals surface area (Å²) in [6, 6.07) is 7.18. The van der Waals surface area contributed by atoms with Crippen molar-refractivity contribution in [3.8, 4) is 23.0 Å². The number of thioether (sulfide) groups is 1. The largest absolute Gasteiger partial charge is 1.00 e. The first-order valence-electron chi connectivity index (χ1n) is 10.8. The molecule has 1 aromatic carbocycles. The van der Waals surface area contributed by atoms with Gasteiger partial charge in [0.2, 0.25) is 0 Å². The van der Waals surface area contributed by atoms with Gasteiger partial charge in [-0.15, -0.1) is 22.4 Å². The first kappa shape index (κ1) is 28.8. The summed E-state index contributed by atoms with van der Waals surface area (Å²) in [5.74, 6) is -4.71. The SMILES string of the molecule is Cn1nc(C(F)(OF)C(F)(F)F)c(SC2CC2)c1-n1cc(-c2ccc(Cl)c([N-]C3(C#N)CC3)c2)cn1.[K+]. The molecule has 2 aliphatic carbocycles. The van der Waals surface area contributed by atoms with Crippen molar-refractivity contribution in [2.75, 3.05) is 0 Å². The van der Waals surface area contributed by atoms with E-state index in [1.54, 1.807) is 18.2 Å². The van der Waals surface area contributed by atoms with Crippen LogP contribution in [0.4, 0.5) is 27.8 Å². The van der Waals surface area contributed by atoms with Gasteiger partial charge in [0, 0.05) is 35.1 Å². The van der Waals surface area contributed by atoms with Gasteiger partial charge in [-0.05, 0) is 34.5 Å². The van der Waals surface area contributed by atoms with E-state index < -0.39 is 23.3 Å². The molecule has 15 heteroatoms. The van der Waals surface area contributed by atoms with E-state index >= 15 is 0 Å². The second kappa shape index (κ2) is 10.4. The molecule has 2 saturated carbocycles. The minimum atomic E-state index is -5.70. The van der Waals surface area contributed by atoms with Gasteiger partial charge in [0.25, 0.3) is 0 Å². The van der Waals surface area contributed by atoms with E-state index in [1.165, 1.54) is 24.1 Å². The van der Waals surface area contributed by atoms with Crippen molar-refractivity contribution in [1.29, 1.82) is 5.26 Å². The van der Waals surface area contributed by atoms with Crippen LogP contribution in [0.15, 0.2) is 35.5 Å². The first-order chi connectivity index (χ1) is 17.0. The van der Waals surface area contributed by atoms with Gasteiger partial charge in [-0.25, -0.2) is 9.36 Å². The molecule has 0 N–H and O–H groups in total. The average Bonchev–Trinajstić information content (AvgIpc) is 3.73. The van der Waals surface area contributed by atoms with Crippen LogP contribution in [0, 0.1) is 11.3 Å². The number of aryl methyl sites for hydroxylation is 1. The van der Waals surface area contributed by atoms with Crippen molar-refractivity contribution in [2.24, 2.45) is 7.05 Å². The molecule has 2 aliphatic rings. The smallest absolute Gasteiger partial charge is 0.666 e. The molecule has 190 valence electrons. The molecule has 0 aliphatic heterocycles. The Morgan fingerprint density at radius 3 is 2.51 bits per heavy atom. The Kier molecular flexibility index (Phi) is 8.11. The molecule has 0 bridgehead atoms. The summed E-state index contributed by atoms with van der Waals surface area (Å²) in [7, 11) is 1.31. The number of alkyl halides is 4. The van der Waals surface area contributed by atoms with E-state index in [4.69, 9.17) is 11.6 Å². The van der Waals surface area contributed by atoms with Crippen molar-refractivity contribution >= 4 is 29.1 Å². The number of hydrogen-bond donors (Lipinski definition) is 0. The molecular formula is C22H17ClF5KN6OS. The number of benzene rings is 1. The van der Waals surface area contributed by atoms with Gasteiger partial charge in [0.15, 0.2) is 11.5 Å². The third-order valence-electron chi connectivity index (χ3n) is 5.90. The fourth-order valence-electron chi connectivity index (χ4n) is 3.60. The van der Waals surface area contributed by atoms with Crippen LogP contribution in [0.25, 0.3) is 22.3 Å². The maximum atomic E-state index is 14.8. The Labute approximate surface area is 260 Å². The van der Waals surface area contributed by atoms with Crippen LogP contribution in [-0.2, 0) is 17.8 Å². The van der Waals surface area contributed by atoms with Gasteiger partial charge in [0.05, 0.1) is 11.1 Å². The Morgan fingerprint density at radius 2 is 1.95 bits per heavy atom. The minimum Gasteiger partial charge on any atom is -0.666 e. The van der Waals surface area contributed by atoms with Gasteiger partial charge in [-0.3, -0.25) is 0 Å². The van der Waals surface area contributed by atoms with E-state index in [-0.39, 0.29) is 67.3 Å². The Morgan fingerprint density at radius 1 is 1.24 bits per heavy atom. The molecule has 0 spiro atoms. The topological polar surface area (TPSA) is 82.8 Å². The summed E-state index contributed by atoms with van der Waals surface area (Å²) >= 11 is 7.23. The molecule has 0 saturated heterocycles. The molecule has 1 atom stereocenters. The van der Waals surface area contributed by atoms with Gasteiger partial charge < -0.3 is 5.32 Å². The predicted molar refractivity (Wildman–Crippen MR) is 121 cm³/mol. The van der Waals surface area contributed by atoms with E-state index in [1.807, 2.05) is 0 Å². The molecule has 2 fully saturated rings. The molecule has 0 amide bonds. The first-order valence-corrected chi connectivity index (χ1v) is 12.0. The zero-order valence-electron chi connectivity index (χ0n) is 19.6. The van der Waals surface area contributed by atoms with Crippen LogP contribution in [0.1, 0.15) is 31.4 Å². The molecule has 2 aromatic heterocycles. The number of nitrogens with zero attached hydrogens (tertiary/aromatic N) is 6. The Bertz CT molecular complexity index is 1370. The number of hydrogen-bond acceptors (Lipinski definition) is 5. The number of aromatic nitrogens is 4. The predicted octanol–water partition coefficient (Wildman–Crippen LogP) is 3.83. The molecular weight excluding hydrogens is 566 g/mol. The van der Waals surface area contributed by atoms with Crippen molar-refractivity contribution in [2.45, 2.75) is 53.4 Å². The third kappa shape index (κ3) is 5.47. The van der Waals surface area contributed by atoms with Gasteiger partial charge in [0.1, 0.15) is 0 Å². The normalized spacial score (nSPS) is 18.0. The van der Waals surface area contributed by atoms with Gasteiger partial charge in [-0.2, -0.15) is 33.0 Å². The van der Waals surface area contributed by atoms with Crippen molar-refractivity contribution < 1.29 is 78.4 Å². The fraction of sp³-hybridized carbons (Fsp3) is 0.409. The summed E-state index contributed by atoms with van der Waals surface area (Å²) in [4.78, 5) is 2.61. The summed E-state index contributed by atoms with van der Waals surface area (Å²) in [6.45, 7) is 0. The van der Waals surface area contributed by atoms with Crippen molar-refractivity contribution in [3.05, 3.63) is 46.6 Å². The number of nitriles is 1. The van der Waals surface area contributed by atoms with Crippen LogP contribution >= 0.6 is 23.4 Å². The minimum absolute atomic E-state index is 0. The summed E-state index contributed by atoms with van der Waals surface area (Å²) in [6.07, 6.45) is -0.0112. The summed E-state index contributed by atoms with van der Waals surface area (Å²) in [5.41, 5.74) is -0.371. The van der Waals surface area contributed by atoms with Crippen LogP contribution in [0.2, 0.25) is 5.02 Å². The van der Waals surface area contributed by atoms with E-state index in [0.29, 0.717) is 47.5 Å². The van der Waals surface area contributed by atoms with Crippen LogP contribution < -0.4 is 51.4 Å². The maximum Gasteiger partial charge on any atom is 1.00 e. The molecule has 37 heavy (non-hydrogen) atoms. The third-order valence-corrected chi connectivity index (χ3v) is 7.64. The monoisotopic (exact) mass is 582 g/mol. The average molecular weight is 583 g/mol. The van der Waals surface area contributed by atoms with Crippen LogP contribution in [-0.4, -0.2) is 36.5 Å².